The Morgan fingerprint density at radius 1 is 1.35 bits per heavy atom. The first-order valence-corrected chi connectivity index (χ1v) is 7.40. The van der Waals surface area contributed by atoms with Crippen LogP contribution in [0.15, 0.2) is 46.8 Å². The van der Waals surface area contributed by atoms with Crippen molar-refractivity contribution in [2.24, 2.45) is 4.99 Å². The number of nitrogens with one attached hydrogen (secondary N) is 2. The lowest BCUT2D eigenvalue weighted by atomic mass is 10.2. The molecule has 5 heteroatoms. The van der Waals surface area contributed by atoms with Gasteiger partial charge in [0, 0.05) is 22.7 Å². The highest BCUT2D eigenvalue weighted by Crippen LogP contribution is 2.14. The van der Waals surface area contributed by atoms with Crippen LogP contribution in [0.1, 0.15) is 10.4 Å². The van der Waals surface area contributed by atoms with Gasteiger partial charge in [-0.1, -0.05) is 18.2 Å². The fourth-order valence-electron chi connectivity index (χ4n) is 2.11. The molecule has 0 aliphatic carbocycles. The van der Waals surface area contributed by atoms with E-state index in [-0.39, 0.29) is 5.91 Å². The minimum Gasteiger partial charge on any atom is -0.368 e. The summed E-state index contributed by atoms with van der Waals surface area (Å²) in [5.41, 5.74) is 1.82. The molecule has 0 saturated carbocycles. The van der Waals surface area contributed by atoms with Gasteiger partial charge in [-0.3, -0.25) is 9.79 Å². The quantitative estimate of drug-likeness (QED) is 0.905. The molecule has 0 atom stereocenters. The maximum atomic E-state index is 12.0. The molecular weight excluding hydrogens is 270 g/mol. The topological polar surface area (TPSA) is 53.5 Å². The van der Waals surface area contributed by atoms with Crippen molar-refractivity contribution in [1.29, 1.82) is 0 Å². The van der Waals surface area contributed by atoms with Crippen molar-refractivity contribution in [2.75, 3.05) is 18.4 Å². The number of amidine groups is 1. The number of hydrogen-bond donors (Lipinski definition) is 2. The minimum absolute atomic E-state index is 0.00548. The lowest BCUT2D eigenvalue weighted by Gasteiger charge is -2.07. The number of carbonyl (C=O) groups excluding carboxylic acids is 1. The third-order valence-electron chi connectivity index (χ3n) is 3.01. The Balaban J connectivity index is 1.68. The predicted octanol–water partition coefficient (Wildman–Crippen LogP) is 2.28. The van der Waals surface area contributed by atoms with Crippen LogP contribution in [0, 0.1) is 0 Å². The highest BCUT2D eigenvalue weighted by molar-refractivity contribution is 7.10. The molecule has 3 rings (SSSR count). The van der Waals surface area contributed by atoms with Gasteiger partial charge in [0.15, 0.2) is 0 Å². The number of amides is 1. The number of thiophene rings is 1. The van der Waals surface area contributed by atoms with E-state index < -0.39 is 0 Å². The molecule has 1 aliphatic heterocycles. The Bertz CT molecular complexity index is 634. The molecule has 1 aromatic carbocycles. The molecule has 4 nitrogen and oxygen atoms in total. The lowest BCUT2D eigenvalue weighted by molar-refractivity contribution is -0.115. The molecule has 2 aromatic rings. The molecular formula is C15H15N3OS. The van der Waals surface area contributed by atoms with Crippen LogP contribution in [0.2, 0.25) is 0 Å². The van der Waals surface area contributed by atoms with Gasteiger partial charge in [0.25, 0.3) is 0 Å². The van der Waals surface area contributed by atoms with Crippen molar-refractivity contribution in [1.82, 2.24) is 5.32 Å². The van der Waals surface area contributed by atoms with Crippen molar-refractivity contribution >= 4 is 28.8 Å². The van der Waals surface area contributed by atoms with E-state index in [0.29, 0.717) is 6.42 Å². The van der Waals surface area contributed by atoms with Crippen molar-refractivity contribution < 1.29 is 4.79 Å². The van der Waals surface area contributed by atoms with Gasteiger partial charge >= 0.3 is 0 Å². The van der Waals surface area contributed by atoms with Crippen molar-refractivity contribution in [2.45, 2.75) is 6.42 Å². The van der Waals surface area contributed by atoms with Gasteiger partial charge in [-0.25, -0.2) is 0 Å². The summed E-state index contributed by atoms with van der Waals surface area (Å²) in [5.74, 6) is 0.908. The van der Waals surface area contributed by atoms with Crippen LogP contribution >= 0.6 is 11.3 Å². The standard InChI is InChI=1S/C15H15N3OS/c19-14(10-13-5-2-8-20-13)18-12-4-1-3-11(9-12)15-16-6-7-17-15/h1-5,8-9H,6-7,10H2,(H,16,17)(H,18,19). The van der Waals surface area contributed by atoms with E-state index in [1.54, 1.807) is 11.3 Å². The molecule has 0 radical (unpaired) electrons. The summed E-state index contributed by atoms with van der Waals surface area (Å²) in [6.45, 7) is 1.69. The molecule has 1 aromatic heterocycles. The van der Waals surface area contributed by atoms with Gasteiger partial charge in [-0.2, -0.15) is 0 Å². The largest absolute Gasteiger partial charge is 0.368 e. The van der Waals surface area contributed by atoms with Crippen LogP contribution in [0.4, 0.5) is 5.69 Å². The maximum Gasteiger partial charge on any atom is 0.229 e. The van der Waals surface area contributed by atoms with Crippen molar-refractivity contribution in [3.8, 4) is 0 Å². The van der Waals surface area contributed by atoms with E-state index in [4.69, 9.17) is 0 Å². The third-order valence-corrected chi connectivity index (χ3v) is 3.89. The Morgan fingerprint density at radius 2 is 2.30 bits per heavy atom. The minimum atomic E-state index is 0.00548. The highest BCUT2D eigenvalue weighted by Gasteiger charge is 2.09. The number of anilines is 1. The van der Waals surface area contributed by atoms with Crippen LogP contribution in [0.5, 0.6) is 0 Å². The summed E-state index contributed by atoms with van der Waals surface area (Å²) >= 11 is 1.60. The lowest BCUT2D eigenvalue weighted by Crippen LogP contribution is -2.20. The molecule has 0 saturated heterocycles. The average molecular weight is 285 g/mol. The Labute approximate surface area is 121 Å². The number of hydrogen-bond acceptors (Lipinski definition) is 4. The SMILES string of the molecule is O=C(Cc1cccs1)Nc1cccc(C2=NCCN2)c1. The average Bonchev–Trinajstić information content (AvgIpc) is 3.11. The fraction of sp³-hybridized carbons (Fsp3) is 0.200. The number of carbonyl (C=O) groups is 1. The van der Waals surface area contributed by atoms with Crippen molar-refractivity contribution in [3.05, 3.63) is 52.2 Å². The summed E-state index contributed by atoms with van der Waals surface area (Å²) in [6, 6.07) is 11.7. The van der Waals surface area contributed by atoms with E-state index in [9.17, 15) is 4.79 Å². The van der Waals surface area contributed by atoms with Crippen LogP contribution < -0.4 is 10.6 Å². The zero-order valence-corrected chi connectivity index (χ0v) is 11.7. The molecule has 20 heavy (non-hydrogen) atoms. The summed E-state index contributed by atoms with van der Waals surface area (Å²) < 4.78 is 0. The van der Waals surface area contributed by atoms with Crippen LogP contribution in [-0.4, -0.2) is 24.8 Å². The summed E-state index contributed by atoms with van der Waals surface area (Å²) in [4.78, 5) is 17.4. The van der Waals surface area contributed by atoms with Crippen LogP contribution in [-0.2, 0) is 11.2 Å². The van der Waals surface area contributed by atoms with E-state index in [1.165, 1.54) is 0 Å². The number of rotatable bonds is 4. The first kappa shape index (κ1) is 12.9. The summed E-state index contributed by atoms with van der Waals surface area (Å²) in [5, 5.41) is 8.14. The second kappa shape index (κ2) is 5.88. The number of benzene rings is 1. The van der Waals surface area contributed by atoms with Crippen molar-refractivity contribution in [3.63, 3.8) is 0 Å². The van der Waals surface area contributed by atoms with Gasteiger partial charge in [0.1, 0.15) is 5.84 Å². The van der Waals surface area contributed by atoms with E-state index >= 15 is 0 Å². The van der Waals surface area contributed by atoms with Gasteiger partial charge in [-0.05, 0) is 23.6 Å². The number of nitrogens with zero attached hydrogens (tertiary/aromatic N) is 1. The molecule has 0 unspecified atom stereocenters. The van der Waals surface area contributed by atoms with Gasteiger partial charge in [-0.15, -0.1) is 11.3 Å². The molecule has 2 N–H and O–H groups in total. The zero-order valence-electron chi connectivity index (χ0n) is 10.9. The molecule has 1 aliphatic rings. The van der Waals surface area contributed by atoms with Crippen LogP contribution in [0.3, 0.4) is 0 Å². The number of aliphatic imine (C=N–C) groups is 1. The normalized spacial score (nSPS) is 13.7. The molecule has 102 valence electrons. The smallest absolute Gasteiger partial charge is 0.229 e. The van der Waals surface area contributed by atoms with Gasteiger partial charge in [0.05, 0.1) is 13.0 Å². The fourth-order valence-corrected chi connectivity index (χ4v) is 2.82. The van der Waals surface area contributed by atoms with Gasteiger partial charge in [0.2, 0.25) is 5.91 Å². The Kier molecular flexibility index (Phi) is 3.78. The first-order valence-electron chi connectivity index (χ1n) is 6.52. The molecule has 0 spiro atoms. The Morgan fingerprint density at radius 3 is 3.05 bits per heavy atom. The predicted molar refractivity (Wildman–Crippen MR) is 82.5 cm³/mol. The van der Waals surface area contributed by atoms with E-state index in [1.807, 2.05) is 41.8 Å². The summed E-state index contributed by atoms with van der Waals surface area (Å²) in [7, 11) is 0. The first-order chi connectivity index (χ1) is 9.81. The molecule has 0 bridgehead atoms. The third kappa shape index (κ3) is 3.05. The second-order valence-corrected chi connectivity index (χ2v) is 5.57. The second-order valence-electron chi connectivity index (χ2n) is 4.54. The molecule has 1 amide bonds. The van der Waals surface area contributed by atoms with Crippen LogP contribution in [0.25, 0.3) is 0 Å². The van der Waals surface area contributed by atoms with E-state index in [2.05, 4.69) is 15.6 Å². The highest BCUT2D eigenvalue weighted by atomic mass is 32.1. The zero-order chi connectivity index (χ0) is 13.8. The molecule has 0 fully saturated rings. The van der Waals surface area contributed by atoms with E-state index in [0.717, 1.165) is 35.1 Å². The molecule has 2 heterocycles. The Hall–Kier alpha value is -2.14. The monoisotopic (exact) mass is 285 g/mol. The summed E-state index contributed by atoms with van der Waals surface area (Å²) in [6.07, 6.45) is 0.418. The van der Waals surface area contributed by atoms with Gasteiger partial charge < -0.3 is 10.6 Å². The maximum absolute atomic E-state index is 12.0.